The molecule has 2 N–H and O–H groups in total. The molecule has 0 atom stereocenters. The monoisotopic (exact) mass is 301 g/mol. The van der Waals surface area contributed by atoms with E-state index < -0.39 is 5.97 Å². The number of anilines is 1. The normalized spacial score (nSPS) is 11.1. The van der Waals surface area contributed by atoms with Crippen LogP contribution in [0.4, 0.5) is 5.82 Å². The number of hydrogen-bond donors (Lipinski definition) is 2. The van der Waals surface area contributed by atoms with Crippen molar-refractivity contribution in [3.8, 4) is 17.1 Å². The van der Waals surface area contributed by atoms with Gasteiger partial charge in [0.05, 0.1) is 7.11 Å². The molecule has 1 heterocycles. The van der Waals surface area contributed by atoms with Gasteiger partial charge in [-0.1, -0.05) is 0 Å². The van der Waals surface area contributed by atoms with E-state index in [1.807, 2.05) is 20.8 Å². The Kier molecular flexibility index (Phi) is 4.30. The Labute approximate surface area is 129 Å². The number of ether oxygens (including phenoxy) is 1. The number of nitrogens with one attached hydrogen (secondary N) is 1. The van der Waals surface area contributed by atoms with Crippen molar-refractivity contribution in [2.24, 2.45) is 0 Å². The van der Waals surface area contributed by atoms with Gasteiger partial charge >= 0.3 is 5.97 Å². The van der Waals surface area contributed by atoms with Crippen molar-refractivity contribution < 1.29 is 14.6 Å². The van der Waals surface area contributed by atoms with Crippen LogP contribution in [0.15, 0.2) is 30.3 Å². The van der Waals surface area contributed by atoms with Crippen molar-refractivity contribution >= 4 is 11.8 Å². The van der Waals surface area contributed by atoms with Gasteiger partial charge in [0.15, 0.2) is 11.5 Å². The third kappa shape index (κ3) is 3.94. The fraction of sp³-hybridized carbons (Fsp3) is 0.312. The largest absolute Gasteiger partial charge is 0.497 e. The van der Waals surface area contributed by atoms with Crippen LogP contribution in [-0.2, 0) is 0 Å². The quantitative estimate of drug-likeness (QED) is 0.903. The maximum atomic E-state index is 11.3. The van der Waals surface area contributed by atoms with Crippen molar-refractivity contribution in [1.29, 1.82) is 0 Å². The van der Waals surface area contributed by atoms with E-state index in [9.17, 15) is 9.90 Å². The SMILES string of the molecule is COc1ccc(-c2nc(NC(C)(C)C)cc(C(=O)O)n2)cc1. The summed E-state index contributed by atoms with van der Waals surface area (Å²) in [6, 6.07) is 8.58. The number of methoxy groups -OCH3 is 1. The Morgan fingerprint density at radius 1 is 1.18 bits per heavy atom. The van der Waals surface area contributed by atoms with Crippen molar-refractivity contribution in [2.45, 2.75) is 26.3 Å². The van der Waals surface area contributed by atoms with Crippen molar-refractivity contribution in [1.82, 2.24) is 9.97 Å². The minimum absolute atomic E-state index is 0.0485. The van der Waals surface area contributed by atoms with E-state index in [4.69, 9.17) is 4.74 Å². The van der Waals surface area contributed by atoms with Gasteiger partial charge in [0.1, 0.15) is 11.6 Å². The lowest BCUT2D eigenvalue weighted by Gasteiger charge is -2.21. The fourth-order valence-corrected chi connectivity index (χ4v) is 1.87. The molecule has 2 aromatic rings. The van der Waals surface area contributed by atoms with Crippen LogP contribution in [0.25, 0.3) is 11.4 Å². The van der Waals surface area contributed by atoms with Crippen molar-refractivity contribution in [3.63, 3.8) is 0 Å². The van der Waals surface area contributed by atoms with Gasteiger partial charge in [0.25, 0.3) is 0 Å². The Balaban J connectivity index is 2.46. The van der Waals surface area contributed by atoms with E-state index in [1.165, 1.54) is 6.07 Å². The van der Waals surface area contributed by atoms with Crippen LogP contribution in [0.2, 0.25) is 0 Å². The molecule has 0 radical (unpaired) electrons. The summed E-state index contributed by atoms with van der Waals surface area (Å²) in [5.41, 5.74) is 0.440. The maximum absolute atomic E-state index is 11.3. The molecule has 22 heavy (non-hydrogen) atoms. The number of aromatic nitrogens is 2. The predicted molar refractivity (Wildman–Crippen MR) is 84.4 cm³/mol. The van der Waals surface area contributed by atoms with E-state index in [0.29, 0.717) is 17.4 Å². The molecule has 0 fully saturated rings. The summed E-state index contributed by atoms with van der Waals surface area (Å²) in [6.07, 6.45) is 0. The molecule has 2 rings (SSSR count). The average Bonchev–Trinajstić information content (AvgIpc) is 2.45. The van der Waals surface area contributed by atoms with Gasteiger partial charge in [-0.25, -0.2) is 14.8 Å². The van der Waals surface area contributed by atoms with Gasteiger partial charge in [0, 0.05) is 17.2 Å². The molecule has 6 nitrogen and oxygen atoms in total. The van der Waals surface area contributed by atoms with E-state index >= 15 is 0 Å². The highest BCUT2D eigenvalue weighted by atomic mass is 16.5. The van der Waals surface area contributed by atoms with Crippen LogP contribution in [0.3, 0.4) is 0 Å². The summed E-state index contributed by atoms with van der Waals surface area (Å²) >= 11 is 0. The molecule has 6 heteroatoms. The number of hydrogen-bond acceptors (Lipinski definition) is 5. The van der Waals surface area contributed by atoms with Crippen LogP contribution < -0.4 is 10.1 Å². The second kappa shape index (κ2) is 6.01. The standard InChI is InChI=1S/C16H19N3O3/c1-16(2,3)19-13-9-12(15(20)21)17-14(18-13)10-5-7-11(22-4)8-6-10/h5-9H,1-4H3,(H,20,21)(H,17,18,19). The van der Waals surface area contributed by atoms with Crippen molar-refractivity contribution in [2.75, 3.05) is 12.4 Å². The average molecular weight is 301 g/mol. The zero-order valence-electron chi connectivity index (χ0n) is 13.0. The van der Waals surface area contributed by atoms with E-state index in [1.54, 1.807) is 31.4 Å². The first-order valence-electron chi connectivity index (χ1n) is 6.83. The molecule has 0 spiro atoms. The first-order chi connectivity index (χ1) is 10.3. The van der Waals surface area contributed by atoms with Crippen LogP contribution in [-0.4, -0.2) is 33.7 Å². The van der Waals surface area contributed by atoms with Crippen molar-refractivity contribution in [3.05, 3.63) is 36.0 Å². The summed E-state index contributed by atoms with van der Waals surface area (Å²) in [4.78, 5) is 19.8. The topological polar surface area (TPSA) is 84.3 Å². The van der Waals surface area contributed by atoms with Gasteiger partial charge < -0.3 is 15.2 Å². The van der Waals surface area contributed by atoms with Crippen LogP contribution in [0, 0.1) is 0 Å². The summed E-state index contributed by atoms with van der Waals surface area (Å²) in [7, 11) is 1.59. The Morgan fingerprint density at radius 2 is 1.82 bits per heavy atom. The van der Waals surface area contributed by atoms with Gasteiger partial charge in [-0.05, 0) is 45.0 Å². The maximum Gasteiger partial charge on any atom is 0.354 e. The highest BCUT2D eigenvalue weighted by Gasteiger charge is 2.16. The molecule has 0 aliphatic heterocycles. The highest BCUT2D eigenvalue weighted by molar-refractivity contribution is 5.87. The van der Waals surface area contributed by atoms with Gasteiger partial charge in [0.2, 0.25) is 0 Å². The summed E-state index contributed by atoms with van der Waals surface area (Å²) < 4.78 is 5.11. The Morgan fingerprint density at radius 3 is 2.32 bits per heavy atom. The number of rotatable bonds is 4. The molecule has 0 saturated heterocycles. The molecule has 0 aliphatic carbocycles. The second-order valence-electron chi connectivity index (χ2n) is 5.87. The number of aromatic carboxylic acids is 1. The zero-order valence-corrected chi connectivity index (χ0v) is 13.0. The van der Waals surface area contributed by atoms with Crippen LogP contribution in [0.1, 0.15) is 31.3 Å². The lowest BCUT2D eigenvalue weighted by molar-refractivity contribution is 0.0690. The van der Waals surface area contributed by atoms with Gasteiger partial charge in [-0.3, -0.25) is 0 Å². The second-order valence-corrected chi connectivity index (χ2v) is 5.87. The predicted octanol–water partition coefficient (Wildman–Crippen LogP) is 3.06. The van der Waals surface area contributed by atoms with E-state index in [-0.39, 0.29) is 11.2 Å². The van der Waals surface area contributed by atoms with Gasteiger partial charge in [-0.15, -0.1) is 0 Å². The molecule has 1 aromatic heterocycles. The molecule has 0 saturated carbocycles. The Bertz CT molecular complexity index is 676. The Hall–Kier alpha value is -2.63. The molecular weight excluding hydrogens is 282 g/mol. The smallest absolute Gasteiger partial charge is 0.354 e. The van der Waals surface area contributed by atoms with Crippen LogP contribution in [0.5, 0.6) is 5.75 Å². The lowest BCUT2D eigenvalue weighted by atomic mass is 10.1. The molecule has 1 aromatic carbocycles. The summed E-state index contributed by atoms with van der Waals surface area (Å²) in [5, 5.41) is 12.4. The first-order valence-corrected chi connectivity index (χ1v) is 6.83. The minimum Gasteiger partial charge on any atom is -0.497 e. The molecule has 0 aliphatic rings. The summed E-state index contributed by atoms with van der Waals surface area (Å²) in [5.74, 6) is 0.459. The number of carboxylic acids is 1. The molecular formula is C16H19N3O3. The minimum atomic E-state index is -1.09. The van der Waals surface area contributed by atoms with Crippen LogP contribution >= 0.6 is 0 Å². The fourth-order valence-electron chi connectivity index (χ4n) is 1.87. The number of nitrogens with zero attached hydrogens (tertiary/aromatic N) is 2. The van der Waals surface area contributed by atoms with E-state index in [2.05, 4.69) is 15.3 Å². The molecule has 0 amide bonds. The molecule has 0 bridgehead atoms. The molecule has 0 unspecified atom stereocenters. The first kappa shape index (κ1) is 15.8. The molecule has 116 valence electrons. The number of carbonyl (C=O) groups is 1. The summed E-state index contributed by atoms with van der Waals surface area (Å²) in [6.45, 7) is 5.92. The number of benzene rings is 1. The van der Waals surface area contributed by atoms with E-state index in [0.717, 1.165) is 5.56 Å². The van der Waals surface area contributed by atoms with Gasteiger partial charge in [-0.2, -0.15) is 0 Å². The zero-order chi connectivity index (χ0) is 16.3. The third-order valence-corrected chi connectivity index (χ3v) is 2.80. The third-order valence-electron chi connectivity index (χ3n) is 2.80. The number of carboxylic acid groups (broad SMARTS) is 1. The lowest BCUT2D eigenvalue weighted by Crippen LogP contribution is -2.27. The highest BCUT2D eigenvalue weighted by Crippen LogP contribution is 2.22.